The molecule has 0 fully saturated rings. The number of carbonyl (C=O) groups excluding carboxylic acids is 1. The lowest BCUT2D eigenvalue weighted by Crippen LogP contribution is -2.33. The van der Waals surface area contributed by atoms with E-state index in [1.54, 1.807) is 4.57 Å². The third kappa shape index (κ3) is 2.67. The lowest BCUT2D eigenvalue weighted by molar-refractivity contribution is -0.116. The fraction of sp³-hybridized carbons (Fsp3) is 0.353. The predicted octanol–water partition coefficient (Wildman–Crippen LogP) is 2.59. The van der Waals surface area contributed by atoms with Crippen LogP contribution in [0.5, 0.6) is 0 Å². The van der Waals surface area contributed by atoms with Crippen LogP contribution in [0.4, 0.5) is 5.82 Å². The number of benzene rings is 1. The lowest BCUT2D eigenvalue weighted by Gasteiger charge is -2.28. The van der Waals surface area contributed by atoms with Crippen LogP contribution in [-0.4, -0.2) is 21.7 Å². The van der Waals surface area contributed by atoms with Crippen molar-refractivity contribution in [2.24, 2.45) is 7.05 Å². The maximum Gasteiger partial charge on any atom is 0.279 e. The Labute approximate surface area is 139 Å². The summed E-state index contributed by atoms with van der Waals surface area (Å²) in [6.07, 6.45) is 2.13. The number of aromatic nitrogens is 2. The number of nitrogens with one attached hydrogen (secondary N) is 1. The van der Waals surface area contributed by atoms with Crippen molar-refractivity contribution in [3.05, 3.63) is 50.8 Å². The van der Waals surface area contributed by atoms with E-state index in [4.69, 9.17) is 0 Å². The molecule has 0 bridgehead atoms. The Balaban J connectivity index is 2.25. The van der Waals surface area contributed by atoms with Gasteiger partial charge in [0.1, 0.15) is 5.82 Å². The molecule has 6 heteroatoms. The Morgan fingerprint density at radius 1 is 1.30 bits per heavy atom. The van der Waals surface area contributed by atoms with Crippen LogP contribution in [0.1, 0.15) is 34.6 Å². The molecule has 0 unspecified atom stereocenters. The van der Waals surface area contributed by atoms with Gasteiger partial charge in [-0.05, 0) is 31.2 Å². The van der Waals surface area contributed by atoms with Gasteiger partial charge < -0.3 is 9.88 Å². The summed E-state index contributed by atoms with van der Waals surface area (Å²) in [5.74, 6) is 0.243. The van der Waals surface area contributed by atoms with Crippen molar-refractivity contribution in [2.75, 3.05) is 11.6 Å². The number of amides is 1. The molecule has 1 atom stereocenters. The van der Waals surface area contributed by atoms with E-state index in [1.807, 2.05) is 39.3 Å². The zero-order chi connectivity index (χ0) is 16.7. The van der Waals surface area contributed by atoms with Gasteiger partial charge in [-0.25, -0.2) is 0 Å². The van der Waals surface area contributed by atoms with Crippen molar-refractivity contribution in [1.29, 1.82) is 0 Å². The molecular formula is C17H19N3O2S. The summed E-state index contributed by atoms with van der Waals surface area (Å²) in [7, 11) is 1.82. The number of hydrogen-bond donors (Lipinski definition) is 1. The van der Waals surface area contributed by atoms with Gasteiger partial charge >= 0.3 is 0 Å². The van der Waals surface area contributed by atoms with Crippen molar-refractivity contribution in [3.63, 3.8) is 0 Å². The summed E-state index contributed by atoms with van der Waals surface area (Å²) in [5, 5.41) is 3.44. The molecule has 5 nitrogen and oxygen atoms in total. The summed E-state index contributed by atoms with van der Waals surface area (Å²) >= 11 is 1.39. The van der Waals surface area contributed by atoms with Gasteiger partial charge in [0, 0.05) is 19.4 Å². The Kier molecular flexibility index (Phi) is 4.02. The number of thioether (sulfide) groups is 1. The van der Waals surface area contributed by atoms with Gasteiger partial charge in [0.05, 0.1) is 5.56 Å². The second kappa shape index (κ2) is 5.85. The van der Waals surface area contributed by atoms with Crippen molar-refractivity contribution < 1.29 is 4.79 Å². The van der Waals surface area contributed by atoms with Gasteiger partial charge in [0.25, 0.3) is 5.56 Å². The lowest BCUT2D eigenvalue weighted by atomic mass is 9.84. The molecule has 0 aliphatic carbocycles. The summed E-state index contributed by atoms with van der Waals surface area (Å²) in [6, 6.07) is 6.11. The molecular weight excluding hydrogens is 310 g/mol. The first kappa shape index (κ1) is 15.8. The molecule has 1 aromatic carbocycles. The van der Waals surface area contributed by atoms with Crippen LogP contribution in [0.15, 0.2) is 28.2 Å². The third-order valence-corrected chi connectivity index (χ3v) is 5.01. The topological polar surface area (TPSA) is 64.0 Å². The number of rotatable bonds is 2. The summed E-state index contributed by atoms with van der Waals surface area (Å²) in [4.78, 5) is 28.9. The van der Waals surface area contributed by atoms with Gasteiger partial charge in [-0.2, -0.15) is 4.98 Å². The van der Waals surface area contributed by atoms with E-state index in [0.717, 1.165) is 16.7 Å². The molecule has 2 aromatic rings. The second-order valence-electron chi connectivity index (χ2n) is 5.89. The van der Waals surface area contributed by atoms with Crippen LogP contribution in [0.3, 0.4) is 0 Å². The zero-order valence-corrected chi connectivity index (χ0v) is 14.5. The third-order valence-electron chi connectivity index (χ3n) is 4.28. The fourth-order valence-electron chi connectivity index (χ4n) is 3.20. The zero-order valence-electron chi connectivity index (χ0n) is 13.6. The highest BCUT2D eigenvalue weighted by Crippen LogP contribution is 2.36. The highest BCUT2D eigenvalue weighted by molar-refractivity contribution is 7.98. The fourth-order valence-corrected chi connectivity index (χ4v) is 3.74. The minimum absolute atomic E-state index is 0.0734. The highest BCUT2D eigenvalue weighted by atomic mass is 32.2. The van der Waals surface area contributed by atoms with E-state index in [9.17, 15) is 9.59 Å². The molecule has 0 saturated carbocycles. The van der Waals surface area contributed by atoms with Gasteiger partial charge in [-0.3, -0.25) is 9.59 Å². The predicted molar refractivity (Wildman–Crippen MR) is 92.3 cm³/mol. The van der Waals surface area contributed by atoms with E-state index >= 15 is 0 Å². The maximum atomic E-state index is 12.6. The Hall–Kier alpha value is -2.08. The van der Waals surface area contributed by atoms with Crippen molar-refractivity contribution in [2.45, 2.75) is 31.3 Å². The van der Waals surface area contributed by atoms with Crippen LogP contribution in [-0.2, 0) is 11.8 Å². The molecule has 3 rings (SSSR count). The molecule has 0 radical (unpaired) electrons. The molecule has 1 amide bonds. The summed E-state index contributed by atoms with van der Waals surface area (Å²) in [5.41, 5.74) is 3.59. The van der Waals surface area contributed by atoms with E-state index in [2.05, 4.69) is 16.4 Å². The van der Waals surface area contributed by atoms with Crippen molar-refractivity contribution in [1.82, 2.24) is 9.55 Å². The number of carbonyl (C=O) groups is 1. The molecule has 1 aliphatic heterocycles. The Bertz CT molecular complexity index is 858. The average molecular weight is 329 g/mol. The molecule has 1 N–H and O–H groups in total. The molecule has 2 heterocycles. The standard InChI is InChI=1S/C17H19N3O2S/c1-9-5-6-11(10(2)7-9)12-8-13(21)18-15-14(12)16(22)19-17(23-4)20(15)3/h5-7,12H,8H2,1-4H3,(H,18,21)/t12-/m0/s1. The first-order valence-electron chi connectivity index (χ1n) is 7.44. The Morgan fingerprint density at radius 3 is 2.70 bits per heavy atom. The van der Waals surface area contributed by atoms with Crippen molar-refractivity contribution >= 4 is 23.5 Å². The first-order chi connectivity index (χ1) is 10.9. The first-order valence-corrected chi connectivity index (χ1v) is 8.66. The number of fused-ring (bicyclic) bond motifs is 1. The van der Waals surface area contributed by atoms with Gasteiger partial charge in [0.15, 0.2) is 5.16 Å². The van der Waals surface area contributed by atoms with Gasteiger partial charge in [0.2, 0.25) is 5.91 Å². The summed E-state index contributed by atoms with van der Waals surface area (Å²) in [6.45, 7) is 4.05. The molecule has 1 aromatic heterocycles. The largest absolute Gasteiger partial charge is 0.312 e. The highest BCUT2D eigenvalue weighted by Gasteiger charge is 2.32. The van der Waals surface area contributed by atoms with E-state index < -0.39 is 0 Å². The van der Waals surface area contributed by atoms with Crippen molar-refractivity contribution in [3.8, 4) is 0 Å². The van der Waals surface area contributed by atoms with Crippen LogP contribution in [0, 0.1) is 13.8 Å². The number of nitrogens with zero attached hydrogens (tertiary/aromatic N) is 2. The Morgan fingerprint density at radius 2 is 2.04 bits per heavy atom. The molecule has 23 heavy (non-hydrogen) atoms. The number of aryl methyl sites for hydroxylation is 2. The normalized spacial score (nSPS) is 16.9. The van der Waals surface area contributed by atoms with E-state index in [1.165, 1.54) is 11.8 Å². The molecule has 0 spiro atoms. The molecule has 120 valence electrons. The minimum atomic E-state index is -0.257. The number of hydrogen-bond acceptors (Lipinski definition) is 4. The van der Waals surface area contributed by atoms with Crippen LogP contribution < -0.4 is 10.9 Å². The smallest absolute Gasteiger partial charge is 0.279 e. The maximum absolute atomic E-state index is 12.6. The average Bonchev–Trinajstić information content (AvgIpc) is 2.50. The monoisotopic (exact) mass is 329 g/mol. The van der Waals surface area contributed by atoms with E-state index in [-0.39, 0.29) is 23.8 Å². The van der Waals surface area contributed by atoms with E-state index in [0.29, 0.717) is 16.5 Å². The quantitative estimate of drug-likeness (QED) is 0.679. The van der Waals surface area contributed by atoms with Crippen LogP contribution >= 0.6 is 11.8 Å². The summed E-state index contributed by atoms with van der Waals surface area (Å²) < 4.78 is 1.79. The van der Waals surface area contributed by atoms with Gasteiger partial charge in [-0.15, -0.1) is 0 Å². The molecule has 1 aliphatic rings. The van der Waals surface area contributed by atoms with Crippen LogP contribution in [0.25, 0.3) is 0 Å². The number of anilines is 1. The minimum Gasteiger partial charge on any atom is -0.312 e. The second-order valence-corrected chi connectivity index (χ2v) is 6.66. The van der Waals surface area contributed by atoms with Gasteiger partial charge in [-0.1, -0.05) is 35.5 Å². The molecule has 0 saturated heterocycles. The SMILES string of the molecule is CSc1nc(=O)c2c(n1C)NC(=O)C[C@H]2c1ccc(C)cc1C. The van der Waals surface area contributed by atoms with Crippen LogP contribution in [0.2, 0.25) is 0 Å².